The number of aliphatic hydroxyl groups excluding tert-OH is 1. The van der Waals surface area contributed by atoms with E-state index in [2.05, 4.69) is 16.0 Å². The van der Waals surface area contributed by atoms with Gasteiger partial charge >= 0.3 is 0 Å². The van der Waals surface area contributed by atoms with Gasteiger partial charge in [-0.05, 0) is 61.6 Å². The number of nitriles is 1. The molecule has 1 aliphatic rings. The first kappa shape index (κ1) is 23.6. The first-order chi connectivity index (χ1) is 16.3. The summed E-state index contributed by atoms with van der Waals surface area (Å²) in [6, 6.07) is 11.3. The highest BCUT2D eigenvalue weighted by atomic mass is 16.3. The number of likely N-dealkylation sites (tertiary alicyclic amines) is 1. The normalized spacial score (nSPS) is 15.8. The molecule has 0 radical (unpaired) electrons. The van der Waals surface area contributed by atoms with E-state index in [-0.39, 0.29) is 36.7 Å². The maximum absolute atomic E-state index is 13.5. The third kappa shape index (κ3) is 4.72. The number of aliphatic hydroxyl groups is 1. The molecule has 3 aromatic rings. The van der Waals surface area contributed by atoms with Crippen LogP contribution in [-0.2, 0) is 4.79 Å². The quantitative estimate of drug-likeness (QED) is 0.524. The van der Waals surface area contributed by atoms with Crippen LogP contribution < -0.4 is 5.73 Å². The van der Waals surface area contributed by atoms with E-state index in [0.29, 0.717) is 42.6 Å². The van der Waals surface area contributed by atoms with Crippen LogP contribution in [0.3, 0.4) is 0 Å². The molecule has 1 saturated heterocycles. The fourth-order valence-electron chi connectivity index (χ4n) is 4.70. The summed E-state index contributed by atoms with van der Waals surface area (Å²) < 4.78 is 1.98. The summed E-state index contributed by atoms with van der Waals surface area (Å²) in [6.07, 6.45) is 2.95. The van der Waals surface area contributed by atoms with Gasteiger partial charge < -0.3 is 15.4 Å². The Morgan fingerprint density at radius 3 is 2.56 bits per heavy atom. The standard InChI is InChI=1S/C26H29N5O3/c1-16(11-24(28)34)19-12-22-26(29-14-19)25(23(33)15-30-9-7-21(32)8-10-30)17(2)31(22)20-5-3-18(13-27)4-6-20/h3-6,12,14,16,21,32H,7-11,15H2,1-2H3,(H2,28,34). The summed E-state index contributed by atoms with van der Waals surface area (Å²) in [7, 11) is 0. The molecule has 0 saturated carbocycles. The monoisotopic (exact) mass is 459 g/mol. The van der Waals surface area contributed by atoms with E-state index in [0.717, 1.165) is 22.5 Å². The minimum atomic E-state index is -0.381. The lowest BCUT2D eigenvalue weighted by Gasteiger charge is -2.28. The van der Waals surface area contributed by atoms with Crippen LogP contribution in [0.25, 0.3) is 16.7 Å². The number of hydrogen-bond acceptors (Lipinski definition) is 6. The number of pyridine rings is 1. The van der Waals surface area contributed by atoms with E-state index in [1.165, 1.54) is 0 Å². The van der Waals surface area contributed by atoms with Gasteiger partial charge in [-0.25, -0.2) is 0 Å². The van der Waals surface area contributed by atoms with E-state index >= 15 is 0 Å². The number of Topliss-reactive ketones (excluding diaryl/α,β-unsaturated/α-hetero) is 1. The van der Waals surface area contributed by atoms with E-state index in [9.17, 15) is 20.0 Å². The van der Waals surface area contributed by atoms with Crippen molar-refractivity contribution in [1.29, 1.82) is 5.26 Å². The van der Waals surface area contributed by atoms with Crippen LogP contribution in [-0.4, -0.2) is 57.0 Å². The van der Waals surface area contributed by atoms with Crippen LogP contribution in [0, 0.1) is 18.3 Å². The number of aromatic nitrogens is 2. The fourth-order valence-corrected chi connectivity index (χ4v) is 4.70. The van der Waals surface area contributed by atoms with Crippen molar-refractivity contribution in [3.05, 3.63) is 58.9 Å². The van der Waals surface area contributed by atoms with E-state index in [1.54, 1.807) is 18.3 Å². The van der Waals surface area contributed by atoms with Crippen molar-refractivity contribution >= 4 is 22.7 Å². The Bertz CT molecular complexity index is 1260. The second kappa shape index (κ2) is 9.75. The second-order valence-corrected chi connectivity index (χ2v) is 9.09. The molecule has 1 unspecified atom stereocenters. The number of fused-ring (bicyclic) bond motifs is 1. The Balaban J connectivity index is 1.80. The number of nitrogens with zero attached hydrogens (tertiary/aromatic N) is 4. The average molecular weight is 460 g/mol. The molecule has 1 aliphatic heterocycles. The number of carbonyl (C=O) groups excluding carboxylic acids is 2. The van der Waals surface area contributed by atoms with Crippen LogP contribution >= 0.6 is 0 Å². The van der Waals surface area contributed by atoms with Crippen LogP contribution in [0.15, 0.2) is 36.5 Å². The van der Waals surface area contributed by atoms with Crippen molar-refractivity contribution in [3.63, 3.8) is 0 Å². The lowest BCUT2D eigenvalue weighted by molar-refractivity contribution is -0.118. The molecular formula is C26H29N5O3. The highest BCUT2D eigenvalue weighted by Gasteiger charge is 2.26. The maximum atomic E-state index is 13.5. The zero-order valence-electron chi connectivity index (χ0n) is 19.5. The zero-order valence-corrected chi connectivity index (χ0v) is 19.5. The van der Waals surface area contributed by atoms with Gasteiger partial charge in [0.2, 0.25) is 5.91 Å². The molecule has 34 heavy (non-hydrogen) atoms. The smallest absolute Gasteiger partial charge is 0.218 e. The number of rotatable bonds is 7. The van der Waals surface area contributed by atoms with Gasteiger partial charge in [-0.1, -0.05) is 6.92 Å². The molecule has 4 rings (SSSR count). The van der Waals surface area contributed by atoms with Gasteiger partial charge in [-0.15, -0.1) is 0 Å². The third-order valence-electron chi connectivity index (χ3n) is 6.60. The van der Waals surface area contributed by atoms with Gasteiger partial charge in [-0.2, -0.15) is 5.26 Å². The van der Waals surface area contributed by atoms with E-state index < -0.39 is 0 Å². The Hall–Kier alpha value is -3.54. The average Bonchev–Trinajstić information content (AvgIpc) is 3.11. The lowest BCUT2D eigenvalue weighted by Crippen LogP contribution is -2.39. The van der Waals surface area contributed by atoms with Gasteiger partial charge in [0.1, 0.15) is 0 Å². The molecule has 3 heterocycles. The Labute approximate surface area is 198 Å². The Morgan fingerprint density at radius 1 is 1.26 bits per heavy atom. The number of benzene rings is 1. The zero-order chi connectivity index (χ0) is 24.4. The molecule has 1 amide bonds. The molecule has 0 aliphatic carbocycles. The number of hydrogen-bond donors (Lipinski definition) is 2. The van der Waals surface area contributed by atoms with Crippen LogP contribution in [0.5, 0.6) is 0 Å². The molecule has 2 aromatic heterocycles. The van der Waals surface area contributed by atoms with Crippen LogP contribution in [0.4, 0.5) is 0 Å². The molecule has 8 nitrogen and oxygen atoms in total. The maximum Gasteiger partial charge on any atom is 0.218 e. The summed E-state index contributed by atoms with van der Waals surface area (Å²) in [5, 5.41) is 19.0. The molecule has 8 heteroatoms. The lowest BCUT2D eigenvalue weighted by atomic mass is 9.98. The first-order valence-corrected chi connectivity index (χ1v) is 11.5. The van der Waals surface area contributed by atoms with Gasteiger partial charge in [0.05, 0.1) is 40.9 Å². The SMILES string of the molecule is Cc1c(C(=O)CN2CCC(O)CC2)c2ncc(C(C)CC(N)=O)cc2n1-c1ccc(C#N)cc1. The predicted molar refractivity (Wildman–Crippen MR) is 129 cm³/mol. The predicted octanol–water partition coefficient (Wildman–Crippen LogP) is 2.82. The molecule has 1 aromatic carbocycles. The molecule has 1 atom stereocenters. The number of carbonyl (C=O) groups is 2. The fraction of sp³-hybridized carbons (Fsp3) is 0.385. The molecule has 0 bridgehead atoms. The van der Waals surface area contributed by atoms with Crippen molar-refractivity contribution in [2.24, 2.45) is 5.73 Å². The number of piperidine rings is 1. The highest BCUT2D eigenvalue weighted by molar-refractivity contribution is 6.09. The summed E-state index contributed by atoms with van der Waals surface area (Å²) in [4.78, 5) is 31.7. The van der Waals surface area contributed by atoms with Crippen molar-refractivity contribution < 1.29 is 14.7 Å². The Morgan fingerprint density at radius 2 is 1.94 bits per heavy atom. The number of nitrogens with two attached hydrogens (primary N) is 1. The molecule has 176 valence electrons. The topological polar surface area (TPSA) is 125 Å². The van der Waals surface area contributed by atoms with E-state index in [4.69, 9.17) is 5.73 Å². The molecule has 1 fully saturated rings. The number of ketones is 1. The minimum absolute atomic E-state index is 0.0169. The minimum Gasteiger partial charge on any atom is -0.393 e. The van der Waals surface area contributed by atoms with E-state index in [1.807, 2.05) is 36.6 Å². The Kier molecular flexibility index (Phi) is 6.77. The molecule has 0 spiro atoms. The van der Waals surface area contributed by atoms with Crippen molar-refractivity contribution in [2.75, 3.05) is 19.6 Å². The largest absolute Gasteiger partial charge is 0.393 e. The van der Waals surface area contributed by atoms with Crippen LogP contribution in [0.2, 0.25) is 0 Å². The number of primary amides is 1. The highest BCUT2D eigenvalue weighted by Crippen LogP contribution is 2.31. The summed E-state index contributed by atoms with van der Waals surface area (Å²) in [5.74, 6) is -0.511. The van der Waals surface area contributed by atoms with Gasteiger partial charge in [-0.3, -0.25) is 19.5 Å². The summed E-state index contributed by atoms with van der Waals surface area (Å²) >= 11 is 0. The van der Waals surface area contributed by atoms with Gasteiger partial charge in [0, 0.05) is 37.1 Å². The summed E-state index contributed by atoms with van der Waals surface area (Å²) in [5.41, 5.74) is 10.4. The van der Waals surface area contributed by atoms with Crippen molar-refractivity contribution in [1.82, 2.24) is 14.5 Å². The van der Waals surface area contributed by atoms with Crippen molar-refractivity contribution in [3.8, 4) is 11.8 Å². The second-order valence-electron chi connectivity index (χ2n) is 9.09. The van der Waals surface area contributed by atoms with Gasteiger partial charge in [0.15, 0.2) is 5.78 Å². The number of amides is 1. The summed E-state index contributed by atoms with van der Waals surface area (Å²) in [6.45, 7) is 5.46. The molecular weight excluding hydrogens is 430 g/mol. The van der Waals surface area contributed by atoms with Crippen LogP contribution in [0.1, 0.15) is 59.3 Å². The van der Waals surface area contributed by atoms with Crippen molar-refractivity contribution in [2.45, 2.75) is 45.1 Å². The third-order valence-corrected chi connectivity index (χ3v) is 6.60. The van der Waals surface area contributed by atoms with Gasteiger partial charge in [0.25, 0.3) is 0 Å². The molecule has 3 N–H and O–H groups in total. The first-order valence-electron chi connectivity index (χ1n) is 11.5.